The molecule has 0 spiro atoms. The number of hydrogen-bond donors (Lipinski definition) is 2. The number of nitrogens with zero attached hydrogens (tertiary/aromatic N) is 1. The van der Waals surface area contributed by atoms with Crippen molar-refractivity contribution in [2.75, 3.05) is 17.1 Å². The van der Waals surface area contributed by atoms with Crippen LogP contribution in [0.15, 0.2) is 88.4 Å². The van der Waals surface area contributed by atoms with Gasteiger partial charge in [0.25, 0.3) is 15.9 Å². The van der Waals surface area contributed by atoms with Crippen molar-refractivity contribution < 1.29 is 22.4 Å². The molecule has 0 aliphatic heterocycles. The van der Waals surface area contributed by atoms with Gasteiger partial charge in [0, 0.05) is 23.7 Å². The first-order valence-electron chi connectivity index (χ1n) is 9.95. The Balaban J connectivity index is 1.44. The molecule has 0 bridgehead atoms. The number of aromatic nitrogens is 1. The predicted molar refractivity (Wildman–Crippen MR) is 125 cm³/mol. The van der Waals surface area contributed by atoms with Crippen LogP contribution in [0.2, 0.25) is 0 Å². The quantitative estimate of drug-likeness (QED) is 0.411. The number of oxazole rings is 1. The summed E-state index contributed by atoms with van der Waals surface area (Å²) in [6.45, 7) is 1.77. The molecule has 1 aromatic heterocycles. The van der Waals surface area contributed by atoms with Gasteiger partial charge in [-0.1, -0.05) is 24.3 Å². The van der Waals surface area contributed by atoms with E-state index in [9.17, 15) is 13.2 Å². The Bertz CT molecular complexity index is 1380. The van der Waals surface area contributed by atoms with Crippen LogP contribution in [0.5, 0.6) is 5.75 Å². The van der Waals surface area contributed by atoms with Gasteiger partial charge >= 0.3 is 0 Å². The molecule has 0 unspecified atom stereocenters. The van der Waals surface area contributed by atoms with Crippen LogP contribution in [0.25, 0.3) is 11.3 Å². The Morgan fingerprint density at radius 1 is 0.970 bits per heavy atom. The number of sulfonamides is 1. The van der Waals surface area contributed by atoms with Gasteiger partial charge in [0.05, 0.1) is 17.7 Å². The van der Waals surface area contributed by atoms with Gasteiger partial charge in [0.2, 0.25) is 0 Å². The van der Waals surface area contributed by atoms with Gasteiger partial charge in [-0.25, -0.2) is 13.4 Å². The second-order valence-electron chi connectivity index (χ2n) is 7.11. The Morgan fingerprint density at radius 2 is 1.67 bits per heavy atom. The highest BCUT2D eigenvalue weighted by molar-refractivity contribution is 7.92. The summed E-state index contributed by atoms with van der Waals surface area (Å²) in [7, 11) is -2.39. The van der Waals surface area contributed by atoms with E-state index in [1.807, 2.05) is 12.1 Å². The maximum Gasteiger partial charge on any atom is 0.262 e. The van der Waals surface area contributed by atoms with Gasteiger partial charge in [-0.2, -0.15) is 0 Å². The van der Waals surface area contributed by atoms with Gasteiger partial charge in [-0.15, -0.1) is 0 Å². The largest absolute Gasteiger partial charge is 0.495 e. The van der Waals surface area contributed by atoms with Gasteiger partial charge in [-0.05, 0) is 48.5 Å². The van der Waals surface area contributed by atoms with E-state index in [4.69, 9.17) is 9.15 Å². The maximum atomic E-state index is 12.7. The molecule has 8 nitrogen and oxygen atoms in total. The maximum absolute atomic E-state index is 12.7. The van der Waals surface area contributed by atoms with Gasteiger partial charge in [-0.3, -0.25) is 9.52 Å². The fourth-order valence-electron chi connectivity index (χ4n) is 3.14. The number of methoxy groups -OCH3 is 1. The average Bonchev–Trinajstić information content (AvgIpc) is 3.26. The Hall–Kier alpha value is -4.11. The zero-order valence-electron chi connectivity index (χ0n) is 17.9. The van der Waals surface area contributed by atoms with Crippen LogP contribution < -0.4 is 14.8 Å². The molecule has 0 fully saturated rings. The molecule has 0 saturated heterocycles. The first-order valence-corrected chi connectivity index (χ1v) is 11.4. The summed E-state index contributed by atoms with van der Waals surface area (Å²) in [5.74, 6) is 0.620. The van der Waals surface area contributed by atoms with E-state index in [-0.39, 0.29) is 10.8 Å². The number of anilines is 2. The first-order chi connectivity index (χ1) is 15.9. The molecule has 0 radical (unpaired) electrons. The Morgan fingerprint density at radius 3 is 2.30 bits per heavy atom. The van der Waals surface area contributed by atoms with Gasteiger partial charge in [0.1, 0.15) is 17.7 Å². The molecule has 1 amide bonds. The molecule has 168 valence electrons. The molecule has 1 heterocycles. The number of carbonyl (C=O) groups excluding carboxylic acids is 1. The lowest BCUT2D eigenvalue weighted by Gasteiger charge is -2.12. The average molecular weight is 464 g/mol. The molecule has 4 aromatic rings. The summed E-state index contributed by atoms with van der Waals surface area (Å²) >= 11 is 0. The lowest BCUT2D eigenvalue weighted by atomic mass is 10.1. The molecular formula is C24H21N3O5S. The third kappa shape index (κ3) is 5.04. The summed E-state index contributed by atoms with van der Waals surface area (Å²) in [4.78, 5) is 16.9. The van der Waals surface area contributed by atoms with Crippen LogP contribution in [-0.2, 0) is 10.0 Å². The summed E-state index contributed by atoms with van der Waals surface area (Å²) in [5.41, 5.74) is 2.82. The van der Waals surface area contributed by atoms with Crippen molar-refractivity contribution in [2.45, 2.75) is 11.8 Å². The number of ether oxygens (including phenoxy) is 1. The number of carbonyl (C=O) groups is 1. The summed E-state index contributed by atoms with van der Waals surface area (Å²) in [6, 6.07) is 19.5. The zero-order valence-corrected chi connectivity index (χ0v) is 18.7. The van der Waals surface area contributed by atoms with Crippen molar-refractivity contribution in [3.05, 3.63) is 90.5 Å². The van der Waals surface area contributed by atoms with E-state index in [1.54, 1.807) is 49.6 Å². The van der Waals surface area contributed by atoms with E-state index in [0.717, 1.165) is 5.56 Å². The number of amides is 1. The first kappa shape index (κ1) is 22.1. The van der Waals surface area contributed by atoms with Crippen molar-refractivity contribution in [1.82, 2.24) is 4.98 Å². The molecule has 2 N–H and O–H groups in total. The van der Waals surface area contributed by atoms with Gasteiger partial charge < -0.3 is 14.5 Å². The summed E-state index contributed by atoms with van der Waals surface area (Å²) < 4.78 is 38.3. The fraction of sp³-hybridized carbons (Fsp3) is 0.0833. The molecule has 0 atom stereocenters. The van der Waals surface area contributed by atoms with Crippen LogP contribution >= 0.6 is 0 Å². The second kappa shape index (κ2) is 9.17. The Kier molecular flexibility index (Phi) is 6.14. The minimum absolute atomic E-state index is 0.0252. The molecule has 0 aliphatic rings. The van der Waals surface area contributed by atoms with E-state index in [1.165, 1.54) is 31.4 Å². The van der Waals surface area contributed by atoms with E-state index < -0.39 is 10.0 Å². The van der Waals surface area contributed by atoms with E-state index in [2.05, 4.69) is 15.0 Å². The number of benzene rings is 3. The van der Waals surface area contributed by atoms with Crippen molar-refractivity contribution in [1.29, 1.82) is 0 Å². The number of nitrogens with one attached hydrogen (secondary N) is 2. The molecule has 9 heteroatoms. The van der Waals surface area contributed by atoms with Crippen molar-refractivity contribution >= 4 is 27.3 Å². The number of hydrogen-bond acceptors (Lipinski definition) is 6. The third-order valence-electron chi connectivity index (χ3n) is 4.84. The number of aryl methyl sites for hydroxylation is 1. The Labute approximate surface area is 191 Å². The number of rotatable bonds is 7. The third-order valence-corrected chi connectivity index (χ3v) is 6.22. The highest BCUT2D eigenvalue weighted by atomic mass is 32.2. The molecule has 0 saturated carbocycles. The normalized spacial score (nSPS) is 11.1. The molecule has 3 aromatic carbocycles. The monoisotopic (exact) mass is 463 g/mol. The summed E-state index contributed by atoms with van der Waals surface area (Å²) in [6.07, 6.45) is 1.57. The molecule has 0 aliphatic carbocycles. The highest BCUT2D eigenvalue weighted by Gasteiger charge is 2.17. The van der Waals surface area contributed by atoms with Crippen LogP contribution in [0, 0.1) is 6.92 Å². The topological polar surface area (TPSA) is 111 Å². The lowest BCUT2D eigenvalue weighted by Crippen LogP contribution is -2.15. The van der Waals surface area contributed by atoms with Crippen molar-refractivity contribution in [2.24, 2.45) is 0 Å². The molecular weight excluding hydrogens is 442 g/mol. The smallest absolute Gasteiger partial charge is 0.262 e. The number of para-hydroxylation sites is 2. The zero-order chi connectivity index (χ0) is 23.4. The second-order valence-corrected chi connectivity index (χ2v) is 8.80. The van der Waals surface area contributed by atoms with Crippen molar-refractivity contribution in [3.63, 3.8) is 0 Å². The predicted octanol–water partition coefficient (Wildman–Crippen LogP) is 4.71. The minimum Gasteiger partial charge on any atom is -0.495 e. The fourth-order valence-corrected chi connectivity index (χ4v) is 4.21. The lowest BCUT2D eigenvalue weighted by molar-refractivity contribution is 0.102. The molecule has 4 rings (SSSR count). The van der Waals surface area contributed by atoms with E-state index >= 15 is 0 Å². The summed E-state index contributed by atoms with van der Waals surface area (Å²) in [5, 5.41) is 2.79. The van der Waals surface area contributed by atoms with Crippen LogP contribution in [0.1, 0.15) is 16.2 Å². The SMILES string of the molecule is COc1ccccc1NS(=O)(=O)c1ccc(C(=O)Nc2ccc(-c3coc(C)n3)cc2)cc1. The molecule has 33 heavy (non-hydrogen) atoms. The van der Waals surface area contributed by atoms with Crippen LogP contribution in [0.4, 0.5) is 11.4 Å². The van der Waals surface area contributed by atoms with Crippen molar-refractivity contribution in [3.8, 4) is 17.0 Å². The minimum atomic E-state index is -3.85. The standard InChI is InChI=1S/C24H21N3O5S/c1-16-25-22(15-32-16)17-7-11-19(12-8-17)26-24(28)18-9-13-20(14-10-18)33(29,30)27-21-5-3-4-6-23(21)31-2/h3-15,27H,1-2H3,(H,26,28). The van der Waals surface area contributed by atoms with Crippen LogP contribution in [0.3, 0.4) is 0 Å². The van der Waals surface area contributed by atoms with Gasteiger partial charge in [0.15, 0.2) is 5.89 Å². The van der Waals surface area contributed by atoms with E-state index in [0.29, 0.717) is 34.3 Å². The van der Waals surface area contributed by atoms with Crippen LogP contribution in [-0.4, -0.2) is 26.4 Å². The highest BCUT2D eigenvalue weighted by Crippen LogP contribution is 2.26.